The van der Waals surface area contributed by atoms with Gasteiger partial charge in [-0.1, -0.05) is 31.4 Å². The summed E-state index contributed by atoms with van der Waals surface area (Å²) in [5, 5.41) is 0. The first-order valence-electron chi connectivity index (χ1n) is 9.56. The first-order valence-corrected chi connectivity index (χ1v) is 9.56. The van der Waals surface area contributed by atoms with Gasteiger partial charge in [-0.2, -0.15) is 0 Å². The Labute approximate surface area is 151 Å². The monoisotopic (exact) mass is 349 g/mol. The van der Waals surface area contributed by atoms with E-state index in [0.717, 1.165) is 24.9 Å². The van der Waals surface area contributed by atoms with E-state index in [-0.39, 0.29) is 11.9 Å². The third-order valence-corrected chi connectivity index (χ3v) is 4.66. The van der Waals surface area contributed by atoms with Crippen LogP contribution in [0.25, 0.3) is 0 Å². The van der Waals surface area contributed by atoms with E-state index in [1.54, 1.807) is 0 Å². The minimum Gasteiger partial charge on any atom is -0.444 e. The molecule has 1 fully saturated rings. The van der Waals surface area contributed by atoms with Crippen LogP contribution >= 0.6 is 0 Å². The molecule has 1 aromatic rings. The van der Waals surface area contributed by atoms with Crippen molar-refractivity contribution in [2.75, 3.05) is 13.1 Å². The summed E-state index contributed by atoms with van der Waals surface area (Å²) in [5.74, 6) is 0.378. The molecule has 4 heteroatoms. The molecule has 0 aliphatic heterocycles. The van der Waals surface area contributed by atoms with Gasteiger partial charge in [0.2, 0.25) is 0 Å². The number of nitrogens with zero attached hydrogens (tertiary/aromatic N) is 1. The van der Waals surface area contributed by atoms with Crippen molar-refractivity contribution in [3.8, 4) is 0 Å². The fraction of sp³-hybridized carbons (Fsp3) is 0.667. The molecule has 1 aliphatic rings. The normalized spacial score (nSPS) is 15.8. The van der Waals surface area contributed by atoms with E-state index in [4.69, 9.17) is 4.74 Å². The maximum absolute atomic E-state index is 13.0. The van der Waals surface area contributed by atoms with E-state index in [0.29, 0.717) is 12.5 Å². The van der Waals surface area contributed by atoms with Crippen molar-refractivity contribution in [3.05, 3.63) is 35.6 Å². The Kier molecular flexibility index (Phi) is 7.27. The Morgan fingerprint density at radius 3 is 2.40 bits per heavy atom. The van der Waals surface area contributed by atoms with Gasteiger partial charge in [0.1, 0.15) is 11.4 Å². The molecule has 0 spiro atoms. The molecule has 1 saturated carbocycles. The van der Waals surface area contributed by atoms with Crippen molar-refractivity contribution >= 4 is 6.09 Å². The second-order valence-electron chi connectivity index (χ2n) is 8.16. The van der Waals surface area contributed by atoms with E-state index in [1.807, 2.05) is 37.8 Å². The molecule has 0 N–H and O–H groups in total. The van der Waals surface area contributed by atoms with Gasteiger partial charge in [0, 0.05) is 13.1 Å². The molecule has 1 aromatic carbocycles. The fourth-order valence-electron chi connectivity index (χ4n) is 3.39. The quantitative estimate of drug-likeness (QED) is 0.671. The van der Waals surface area contributed by atoms with Crippen molar-refractivity contribution in [2.24, 2.45) is 5.92 Å². The first-order chi connectivity index (χ1) is 11.8. The fourth-order valence-corrected chi connectivity index (χ4v) is 3.39. The average molecular weight is 349 g/mol. The predicted molar refractivity (Wildman–Crippen MR) is 99.1 cm³/mol. The number of hydrogen-bond acceptors (Lipinski definition) is 2. The molecule has 25 heavy (non-hydrogen) atoms. The van der Waals surface area contributed by atoms with E-state index in [9.17, 15) is 9.18 Å². The van der Waals surface area contributed by atoms with Crippen molar-refractivity contribution in [2.45, 2.75) is 71.3 Å². The molecule has 0 unspecified atom stereocenters. The highest BCUT2D eigenvalue weighted by atomic mass is 19.1. The number of carbonyl (C=O) groups excluding carboxylic acids is 1. The van der Waals surface area contributed by atoms with Crippen LogP contribution in [0.1, 0.15) is 64.9 Å². The number of ether oxygens (including phenoxy) is 1. The molecular weight excluding hydrogens is 317 g/mol. The third-order valence-electron chi connectivity index (χ3n) is 4.66. The van der Waals surface area contributed by atoms with Crippen molar-refractivity contribution in [1.29, 1.82) is 0 Å². The van der Waals surface area contributed by atoms with Crippen LogP contribution < -0.4 is 0 Å². The molecular formula is C21H32FNO2. The van der Waals surface area contributed by atoms with Gasteiger partial charge in [-0.25, -0.2) is 9.18 Å². The topological polar surface area (TPSA) is 29.5 Å². The predicted octanol–water partition coefficient (Wildman–Crippen LogP) is 5.58. The van der Waals surface area contributed by atoms with Crippen LogP contribution in [-0.4, -0.2) is 29.7 Å². The number of amides is 1. The number of halogens is 1. The van der Waals surface area contributed by atoms with E-state index < -0.39 is 5.60 Å². The van der Waals surface area contributed by atoms with Crippen molar-refractivity contribution in [1.82, 2.24) is 4.90 Å². The summed E-state index contributed by atoms with van der Waals surface area (Å²) in [7, 11) is 0. The molecule has 0 saturated heterocycles. The smallest absolute Gasteiger partial charge is 0.410 e. The summed E-state index contributed by atoms with van der Waals surface area (Å²) >= 11 is 0. The largest absolute Gasteiger partial charge is 0.444 e. The summed E-state index contributed by atoms with van der Waals surface area (Å²) < 4.78 is 18.6. The highest BCUT2D eigenvalue weighted by Crippen LogP contribution is 2.25. The number of hydrogen-bond donors (Lipinski definition) is 0. The zero-order valence-electron chi connectivity index (χ0n) is 15.9. The Balaban J connectivity index is 1.90. The number of rotatable bonds is 6. The maximum Gasteiger partial charge on any atom is 0.410 e. The van der Waals surface area contributed by atoms with Crippen LogP contribution in [0.2, 0.25) is 0 Å². The van der Waals surface area contributed by atoms with Gasteiger partial charge in [0.05, 0.1) is 0 Å². The van der Waals surface area contributed by atoms with Crippen LogP contribution in [0.4, 0.5) is 9.18 Å². The Bertz CT molecular complexity index is 530. The zero-order chi connectivity index (χ0) is 18.3. The third kappa shape index (κ3) is 7.45. The number of benzene rings is 1. The maximum atomic E-state index is 13.0. The minimum absolute atomic E-state index is 0.211. The van der Waals surface area contributed by atoms with Crippen molar-refractivity contribution in [3.63, 3.8) is 0 Å². The zero-order valence-corrected chi connectivity index (χ0v) is 15.9. The number of aryl methyl sites for hydroxylation is 1. The highest BCUT2D eigenvalue weighted by molar-refractivity contribution is 5.68. The average Bonchev–Trinajstić information content (AvgIpc) is 2.55. The second kappa shape index (κ2) is 9.21. The summed E-state index contributed by atoms with van der Waals surface area (Å²) in [4.78, 5) is 14.5. The molecule has 0 heterocycles. The standard InChI is InChI=1S/C21H32FNO2/c1-21(2,3)25-20(24)23(16-18-8-5-4-6-9-18)15-7-10-17-11-13-19(22)14-12-17/h11-14,18H,4-10,15-16H2,1-3H3. The van der Waals surface area contributed by atoms with Gasteiger partial charge in [0.25, 0.3) is 0 Å². The van der Waals surface area contributed by atoms with Gasteiger partial charge in [-0.05, 0) is 70.1 Å². The molecule has 0 atom stereocenters. The molecule has 0 bridgehead atoms. The number of carbonyl (C=O) groups is 1. The lowest BCUT2D eigenvalue weighted by Crippen LogP contribution is -2.40. The molecule has 3 nitrogen and oxygen atoms in total. The lowest BCUT2D eigenvalue weighted by Gasteiger charge is -2.31. The molecule has 0 radical (unpaired) electrons. The summed E-state index contributed by atoms with van der Waals surface area (Å²) in [6, 6.07) is 6.61. The van der Waals surface area contributed by atoms with Gasteiger partial charge < -0.3 is 9.64 Å². The summed E-state index contributed by atoms with van der Waals surface area (Å²) in [6.45, 7) is 7.19. The Hall–Kier alpha value is -1.58. The molecule has 1 amide bonds. The SMILES string of the molecule is CC(C)(C)OC(=O)N(CCCc1ccc(F)cc1)CC1CCCCC1. The molecule has 2 rings (SSSR count). The van der Waals surface area contributed by atoms with Gasteiger partial charge in [-0.3, -0.25) is 0 Å². The molecule has 1 aliphatic carbocycles. The van der Waals surface area contributed by atoms with Crippen LogP contribution in [-0.2, 0) is 11.2 Å². The van der Waals surface area contributed by atoms with Gasteiger partial charge in [-0.15, -0.1) is 0 Å². The minimum atomic E-state index is -0.473. The lowest BCUT2D eigenvalue weighted by atomic mass is 9.89. The summed E-state index contributed by atoms with van der Waals surface area (Å²) in [6.07, 6.45) is 7.74. The first kappa shape index (κ1) is 19.7. The van der Waals surface area contributed by atoms with Crippen molar-refractivity contribution < 1.29 is 13.9 Å². The van der Waals surface area contributed by atoms with Crippen LogP contribution in [0, 0.1) is 11.7 Å². The van der Waals surface area contributed by atoms with Crippen LogP contribution in [0.3, 0.4) is 0 Å². The Morgan fingerprint density at radius 2 is 1.80 bits per heavy atom. The van der Waals surface area contributed by atoms with Crippen LogP contribution in [0.15, 0.2) is 24.3 Å². The highest BCUT2D eigenvalue weighted by Gasteiger charge is 2.25. The molecule has 140 valence electrons. The summed E-state index contributed by atoms with van der Waals surface area (Å²) in [5.41, 5.74) is 0.627. The molecule has 0 aromatic heterocycles. The lowest BCUT2D eigenvalue weighted by molar-refractivity contribution is 0.0206. The van der Waals surface area contributed by atoms with Gasteiger partial charge in [0.15, 0.2) is 0 Å². The second-order valence-corrected chi connectivity index (χ2v) is 8.16. The van der Waals surface area contributed by atoms with E-state index in [2.05, 4.69) is 0 Å². The van der Waals surface area contributed by atoms with Gasteiger partial charge >= 0.3 is 6.09 Å². The Morgan fingerprint density at radius 1 is 1.16 bits per heavy atom. The van der Waals surface area contributed by atoms with E-state index in [1.165, 1.54) is 44.2 Å². The van der Waals surface area contributed by atoms with E-state index >= 15 is 0 Å². The van der Waals surface area contributed by atoms with Crippen LogP contribution in [0.5, 0.6) is 0 Å².